The lowest BCUT2D eigenvalue weighted by atomic mass is 10.1. The van der Waals surface area contributed by atoms with E-state index in [1.165, 1.54) is 0 Å². The largest absolute Gasteiger partial charge is 0.483 e. The van der Waals surface area contributed by atoms with Gasteiger partial charge in [-0.15, -0.1) is 0 Å². The Morgan fingerprint density at radius 3 is 2.57 bits per heavy atom. The van der Waals surface area contributed by atoms with Crippen molar-refractivity contribution >= 4 is 11.7 Å². The average molecular weight is 293 g/mol. The molecule has 0 atom stereocenters. The Morgan fingerprint density at radius 1 is 1.38 bits per heavy atom. The molecule has 6 nitrogen and oxygen atoms in total. The van der Waals surface area contributed by atoms with E-state index in [0.717, 1.165) is 12.8 Å². The first kappa shape index (κ1) is 16.8. The molecular weight excluding hydrogens is 270 g/mol. The van der Waals surface area contributed by atoms with Crippen LogP contribution in [0.25, 0.3) is 0 Å². The molecule has 0 bridgehead atoms. The van der Waals surface area contributed by atoms with Gasteiger partial charge in [0.05, 0.1) is 5.56 Å². The third-order valence-corrected chi connectivity index (χ3v) is 3.51. The van der Waals surface area contributed by atoms with Gasteiger partial charge in [-0.05, 0) is 25.0 Å². The van der Waals surface area contributed by atoms with Crippen molar-refractivity contribution in [2.24, 2.45) is 10.9 Å². The SMILES string of the molecule is CCC(CC)N(C)C(=O)COc1ccccc1/C(N)=N/O. The molecule has 0 radical (unpaired) electrons. The van der Waals surface area contributed by atoms with Gasteiger partial charge in [-0.3, -0.25) is 4.79 Å². The smallest absolute Gasteiger partial charge is 0.260 e. The van der Waals surface area contributed by atoms with Crippen molar-refractivity contribution in [3.8, 4) is 5.75 Å². The number of rotatable bonds is 7. The van der Waals surface area contributed by atoms with Crippen LogP contribution in [0.5, 0.6) is 5.75 Å². The molecule has 0 spiro atoms. The van der Waals surface area contributed by atoms with Crippen LogP contribution in [0.4, 0.5) is 0 Å². The number of amidine groups is 1. The first-order valence-electron chi connectivity index (χ1n) is 7.00. The molecule has 0 aromatic heterocycles. The van der Waals surface area contributed by atoms with Crippen LogP contribution in [-0.4, -0.2) is 41.5 Å². The van der Waals surface area contributed by atoms with Gasteiger partial charge in [0.1, 0.15) is 5.75 Å². The van der Waals surface area contributed by atoms with E-state index in [1.807, 2.05) is 13.8 Å². The van der Waals surface area contributed by atoms with Crippen molar-refractivity contribution in [2.45, 2.75) is 32.7 Å². The van der Waals surface area contributed by atoms with Gasteiger partial charge in [0.25, 0.3) is 5.91 Å². The number of hydrogen-bond donors (Lipinski definition) is 2. The molecule has 0 heterocycles. The third-order valence-electron chi connectivity index (χ3n) is 3.51. The van der Waals surface area contributed by atoms with Gasteiger partial charge >= 0.3 is 0 Å². The minimum atomic E-state index is -0.0991. The van der Waals surface area contributed by atoms with Crippen molar-refractivity contribution < 1.29 is 14.7 Å². The second kappa shape index (κ2) is 8.14. The van der Waals surface area contributed by atoms with Gasteiger partial charge < -0.3 is 20.6 Å². The first-order valence-corrected chi connectivity index (χ1v) is 7.00. The van der Waals surface area contributed by atoms with Crippen LogP contribution < -0.4 is 10.5 Å². The Labute approximate surface area is 125 Å². The summed E-state index contributed by atoms with van der Waals surface area (Å²) in [6.07, 6.45) is 1.80. The standard InChI is InChI=1S/C15H23N3O3/c1-4-11(5-2)18(3)14(19)10-21-13-9-7-6-8-12(13)15(16)17-20/h6-9,11,20H,4-5,10H2,1-3H3,(H2,16,17). The van der Waals surface area contributed by atoms with Gasteiger partial charge in [-0.25, -0.2) is 0 Å². The summed E-state index contributed by atoms with van der Waals surface area (Å²) in [6.45, 7) is 4.02. The maximum atomic E-state index is 12.1. The first-order chi connectivity index (χ1) is 10.0. The van der Waals surface area contributed by atoms with Crippen LogP contribution in [0.2, 0.25) is 0 Å². The fourth-order valence-corrected chi connectivity index (χ4v) is 2.14. The maximum Gasteiger partial charge on any atom is 0.260 e. The van der Waals surface area contributed by atoms with Crippen molar-refractivity contribution in [2.75, 3.05) is 13.7 Å². The topological polar surface area (TPSA) is 88.2 Å². The van der Waals surface area contributed by atoms with Crippen molar-refractivity contribution in [3.63, 3.8) is 0 Å². The lowest BCUT2D eigenvalue weighted by Gasteiger charge is -2.26. The summed E-state index contributed by atoms with van der Waals surface area (Å²) in [5.74, 6) is 0.267. The van der Waals surface area contributed by atoms with E-state index in [1.54, 1.807) is 36.2 Å². The minimum Gasteiger partial charge on any atom is -0.483 e. The number of nitrogens with two attached hydrogens (primary N) is 1. The molecule has 1 aromatic carbocycles. The van der Waals surface area contributed by atoms with E-state index in [-0.39, 0.29) is 24.4 Å². The highest BCUT2D eigenvalue weighted by molar-refractivity contribution is 5.99. The van der Waals surface area contributed by atoms with Gasteiger partial charge in [0.15, 0.2) is 12.4 Å². The van der Waals surface area contributed by atoms with Crippen LogP contribution in [0, 0.1) is 0 Å². The molecule has 0 aliphatic carbocycles. The number of ether oxygens (including phenoxy) is 1. The van der Waals surface area contributed by atoms with E-state index < -0.39 is 0 Å². The number of hydrogen-bond acceptors (Lipinski definition) is 4. The number of nitrogens with zero attached hydrogens (tertiary/aromatic N) is 2. The number of benzene rings is 1. The molecule has 0 aliphatic rings. The highest BCUT2D eigenvalue weighted by Crippen LogP contribution is 2.18. The summed E-state index contributed by atoms with van der Waals surface area (Å²) >= 11 is 0. The molecule has 21 heavy (non-hydrogen) atoms. The summed E-state index contributed by atoms with van der Waals surface area (Å²) in [4.78, 5) is 13.8. The van der Waals surface area contributed by atoms with Crippen LogP contribution in [0.15, 0.2) is 29.4 Å². The van der Waals surface area contributed by atoms with E-state index >= 15 is 0 Å². The summed E-state index contributed by atoms with van der Waals surface area (Å²) in [5.41, 5.74) is 6.03. The fraction of sp³-hybridized carbons (Fsp3) is 0.467. The predicted molar refractivity (Wildman–Crippen MR) is 81.6 cm³/mol. The van der Waals surface area contributed by atoms with Crippen LogP contribution in [0.1, 0.15) is 32.3 Å². The molecule has 0 aliphatic heterocycles. The van der Waals surface area contributed by atoms with Gasteiger partial charge in [-0.2, -0.15) is 0 Å². The second-order valence-corrected chi connectivity index (χ2v) is 4.75. The Bertz CT molecular complexity index is 499. The van der Waals surface area contributed by atoms with Crippen molar-refractivity contribution in [1.82, 2.24) is 4.90 Å². The molecule has 1 aromatic rings. The summed E-state index contributed by atoms with van der Waals surface area (Å²) < 4.78 is 5.52. The second-order valence-electron chi connectivity index (χ2n) is 4.75. The predicted octanol–water partition coefficient (Wildman–Crippen LogP) is 1.81. The third kappa shape index (κ3) is 4.37. The molecule has 0 saturated carbocycles. The van der Waals surface area contributed by atoms with Crippen molar-refractivity contribution in [1.29, 1.82) is 0 Å². The van der Waals surface area contributed by atoms with Crippen LogP contribution >= 0.6 is 0 Å². The Morgan fingerprint density at radius 2 is 2.00 bits per heavy atom. The molecule has 0 saturated heterocycles. The molecule has 0 unspecified atom stereocenters. The van der Waals surface area contributed by atoms with E-state index in [0.29, 0.717) is 11.3 Å². The molecule has 6 heteroatoms. The van der Waals surface area contributed by atoms with E-state index in [2.05, 4.69) is 5.16 Å². The number of carbonyl (C=O) groups excluding carboxylic acids is 1. The summed E-state index contributed by atoms with van der Waals surface area (Å²) in [7, 11) is 1.78. The van der Waals surface area contributed by atoms with Crippen molar-refractivity contribution in [3.05, 3.63) is 29.8 Å². The van der Waals surface area contributed by atoms with Gasteiger partial charge in [-0.1, -0.05) is 31.1 Å². The Balaban J connectivity index is 2.74. The van der Waals surface area contributed by atoms with Crippen LogP contribution in [0.3, 0.4) is 0 Å². The highest BCUT2D eigenvalue weighted by Gasteiger charge is 2.18. The molecular formula is C15H23N3O3. The lowest BCUT2D eigenvalue weighted by molar-refractivity contribution is -0.134. The normalized spacial score (nSPS) is 11.5. The molecule has 0 fully saturated rings. The molecule has 116 valence electrons. The molecule has 1 amide bonds. The summed E-state index contributed by atoms with van der Waals surface area (Å²) in [6, 6.07) is 7.06. The average Bonchev–Trinajstić information content (AvgIpc) is 2.53. The zero-order valence-corrected chi connectivity index (χ0v) is 12.7. The van der Waals surface area contributed by atoms with E-state index in [9.17, 15) is 4.79 Å². The van der Waals surface area contributed by atoms with Gasteiger partial charge in [0, 0.05) is 13.1 Å². The Kier molecular flexibility index (Phi) is 6.52. The van der Waals surface area contributed by atoms with Gasteiger partial charge in [0.2, 0.25) is 0 Å². The molecule has 1 rings (SSSR count). The highest BCUT2D eigenvalue weighted by atomic mass is 16.5. The monoisotopic (exact) mass is 293 g/mol. The van der Waals surface area contributed by atoms with Crippen LogP contribution in [-0.2, 0) is 4.79 Å². The quantitative estimate of drug-likeness (QED) is 0.347. The molecule has 3 N–H and O–H groups in total. The zero-order valence-electron chi connectivity index (χ0n) is 12.7. The number of para-hydroxylation sites is 1. The Hall–Kier alpha value is -2.24. The minimum absolute atomic E-state index is 0.0496. The van der Waals surface area contributed by atoms with E-state index in [4.69, 9.17) is 15.7 Å². The number of oxime groups is 1. The lowest BCUT2D eigenvalue weighted by Crippen LogP contribution is -2.39. The zero-order chi connectivity index (χ0) is 15.8. The number of carbonyl (C=O) groups is 1. The number of amides is 1. The fourth-order valence-electron chi connectivity index (χ4n) is 2.14. The maximum absolute atomic E-state index is 12.1. The number of likely N-dealkylation sites (N-methyl/N-ethyl adjacent to an activating group) is 1. The summed E-state index contributed by atoms with van der Waals surface area (Å²) in [5, 5.41) is 11.7.